The quantitative estimate of drug-likeness (QED) is 0.461. The molecule has 2 rings (SSSR count). The summed E-state index contributed by atoms with van der Waals surface area (Å²) in [5.74, 6) is 0.970. The number of carbonyl (C=O) groups is 1. The molecule has 1 aromatic heterocycles. The van der Waals surface area contributed by atoms with E-state index in [0.29, 0.717) is 18.1 Å². The fourth-order valence-corrected chi connectivity index (χ4v) is 3.43. The van der Waals surface area contributed by atoms with Crippen molar-refractivity contribution in [2.75, 3.05) is 6.61 Å². The maximum Gasteiger partial charge on any atom is 0.255 e. The Morgan fingerprint density at radius 1 is 1.27 bits per heavy atom. The minimum absolute atomic E-state index is 0.111. The SMILES string of the molecule is CCCC(C)COc1ccc(C(=CO)C(=O)NC(C)c2cccs2)cc1. The first kappa shape index (κ1) is 20.0. The minimum atomic E-state index is -0.307. The summed E-state index contributed by atoms with van der Waals surface area (Å²) >= 11 is 1.59. The third kappa shape index (κ3) is 5.63. The molecule has 0 saturated carbocycles. The van der Waals surface area contributed by atoms with Crippen LogP contribution in [0.1, 0.15) is 50.1 Å². The molecule has 5 heteroatoms. The fourth-order valence-electron chi connectivity index (χ4n) is 2.69. The molecule has 0 radical (unpaired) electrons. The Bertz CT molecular complexity index is 707. The molecule has 2 unspecified atom stereocenters. The minimum Gasteiger partial charge on any atom is -0.515 e. The van der Waals surface area contributed by atoms with Gasteiger partial charge in [-0.2, -0.15) is 0 Å². The number of benzene rings is 1. The van der Waals surface area contributed by atoms with E-state index in [0.717, 1.165) is 29.7 Å². The molecule has 0 bridgehead atoms. The Morgan fingerprint density at radius 2 is 2.00 bits per heavy atom. The van der Waals surface area contributed by atoms with Crippen molar-refractivity contribution in [1.29, 1.82) is 0 Å². The molecule has 0 fully saturated rings. The second-order valence-electron chi connectivity index (χ2n) is 6.48. The fraction of sp³-hybridized carbons (Fsp3) is 0.381. The summed E-state index contributed by atoms with van der Waals surface area (Å²) in [6, 6.07) is 11.0. The Morgan fingerprint density at radius 3 is 2.58 bits per heavy atom. The van der Waals surface area contributed by atoms with Crippen LogP contribution < -0.4 is 10.1 Å². The van der Waals surface area contributed by atoms with E-state index in [9.17, 15) is 9.90 Å². The van der Waals surface area contributed by atoms with Crippen molar-refractivity contribution in [3.8, 4) is 5.75 Å². The summed E-state index contributed by atoms with van der Waals surface area (Å²) in [4.78, 5) is 13.6. The normalized spacial score (nSPS) is 13.9. The summed E-state index contributed by atoms with van der Waals surface area (Å²) < 4.78 is 5.78. The van der Waals surface area contributed by atoms with E-state index in [1.54, 1.807) is 23.5 Å². The Hall–Kier alpha value is -2.27. The van der Waals surface area contributed by atoms with E-state index in [4.69, 9.17) is 4.74 Å². The molecule has 1 amide bonds. The van der Waals surface area contributed by atoms with Gasteiger partial charge in [-0.15, -0.1) is 11.3 Å². The molecular formula is C21H27NO3S. The summed E-state index contributed by atoms with van der Waals surface area (Å²) in [5, 5.41) is 14.4. The number of aliphatic hydroxyl groups is 1. The van der Waals surface area contributed by atoms with Crippen LogP contribution in [0, 0.1) is 5.92 Å². The molecule has 1 aromatic carbocycles. The zero-order valence-corrected chi connectivity index (χ0v) is 16.4. The van der Waals surface area contributed by atoms with Gasteiger partial charge in [-0.05, 0) is 48.4 Å². The predicted molar refractivity (Wildman–Crippen MR) is 107 cm³/mol. The lowest BCUT2D eigenvalue weighted by molar-refractivity contribution is -0.116. The lowest BCUT2D eigenvalue weighted by Crippen LogP contribution is -2.27. The molecule has 2 N–H and O–H groups in total. The number of amides is 1. The van der Waals surface area contributed by atoms with Crippen molar-refractivity contribution < 1.29 is 14.6 Å². The lowest BCUT2D eigenvalue weighted by atomic mass is 10.1. The summed E-state index contributed by atoms with van der Waals surface area (Å²) in [7, 11) is 0. The number of nitrogens with one attached hydrogen (secondary N) is 1. The van der Waals surface area contributed by atoms with E-state index < -0.39 is 0 Å². The molecule has 4 nitrogen and oxygen atoms in total. The summed E-state index contributed by atoms with van der Waals surface area (Å²) in [5.41, 5.74) is 0.886. The van der Waals surface area contributed by atoms with Crippen molar-refractivity contribution in [3.05, 3.63) is 58.5 Å². The highest BCUT2D eigenvalue weighted by Crippen LogP contribution is 2.22. The molecular weight excluding hydrogens is 346 g/mol. The van der Waals surface area contributed by atoms with Gasteiger partial charge in [0, 0.05) is 4.88 Å². The van der Waals surface area contributed by atoms with Gasteiger partial charge in [0.1, 0.15) is 5.75 Å². The Labute approximate surface area is 159 Å². The van der Waals surface area contributed by atoms with E-state index >= 15 is 0 Å². The third-order valence-corrected chi connectivity index (χ3v) is 5.23. The van der Waals surface area contributed by atoms with Crippen LogP contribution in [0.3, 0.4) is 0 Å². The molecule has 0 saturated heterocycles. The summed E-state index contributed by atoms with van der Waals surface area (Å²) in [6.07, 6.45) is 3.14. The number of rotatable bonds is 9. The van der Waals surface area contributed by atoms with Crippen LogP contribution in [0.2, 0.25) is 0 Å². The zero-order valence-electron chi connectivity index (χ0n) is 15.6. The number of hydrogen-bond donors (Lipinski definition) is 2. The predicted octanol–water partition coefficient (Wildman–Crippen LogP) is 5.34. The number of thiophene rings is 1. The molecule has 26 heavy (non-hydrogen) atoms. The van der Waals surface area contributed by atoms with Crippen LogP contribution in [0.4, 0.5) is 0 Å². The zero-order chi connectivity index (χ0) is 18.9. The van der Waals surface area contributed by atoms with Crippen LogP contribution in [0.5, 0.6) is 5.75 Å². The molecule has 1 heterocycles. The van der Waals surface area contributed by atoms with Gasteiger partial charge >= 0.3 is 0 Å². The molecule has 0 aliphatic rings. The second kappa shape index (κ2) is 10.0. The Balaban J connectivity index is 1.97. The Kier molecular flexibility index (Phi) is 7.73. The van der Waals surface area contributed by atoms with Crippen molar-refractivity contribution in [2.45, 2.75) is 39.7 Å². The maximum absolute atomic E-state index is 12.5. The topological polar surface area (TPSA) is 58.6 Å². The van der Waals surface area contributed by atoms with Gasteiger partial charge in [0.15, 0.2) is 0 Å². The first-order valence-electron chi connectivity index (χ1n) is 8.97. The van der Waals surface area contributed by atoms with E-state index in [1.165, 1.54) is 0 Å². The molecule has 140 valence electrons. The first-order valence-corrected chi connectivity index (χ1v) is 9.85. The molecule has 2 atom stereocenters. The van der Waals surface area contributed by atoms with Gasteiger partial charge in [0.2, 0.25) is 0 Å². The lowest BCUT2D eigenvalue weighted by Gasteiger charge is -2.15. The largest absolute Gasteiger partial charge is 0.515 e. The average Bonchev–Trinajstić information content (AvgIpc) is 3.17. The van der Waals surface area contributed by atoms with E-state index in [1.807, 2.05) is 36.6 Å². The van der Waals surface area contributed by atoms with Gasteiger partial charge in [-0.1, -0.05) is 38.5 Å². The number of carbonyl (C=O) groups excluding carboxylic acids is 1. The summed E-state index contributed by atoms with van der Waals surface area (Å²) in [6.45, 7) is 6.93. The number of aliphatic hydroxyl groups excluding tert-OH is 1. The average molecular weight is 374 g/mol. The molecule has 0 spiro atoms. The van der Waals surface area contributed by atoms with E-state index in [-0.39, 0.29) is 17.5 Å². The van der Waals surface area contributed by atoms with Crippen LogP contribution in [0.15, 0.2) is 48.0 Å². The standard InChI is InChI=1S/C21H27NO3S/c1-4-6-15(2)14-25-18-10-8-17(9-11-18)19(13-23)21(24)22-16(3)20-7-5-12-26-20/h5,7-13,15-16,23H,4,6,14H2,1-3H3,(H,22,24). The van der Waals surface area contributed by atoms with Crippen LogP contribution in [0.25, 0.3) is 5.57 Å². The van der Waals surface area contributed by atoms with Crippen molar-refractivity contribution in [1.82, 2.24) is 5.32 Å². The molecule has 0 aliphatic heterocycles. The monoisotopic (exact) mass is 373 g/mol. The van der Waals surface area contributed by atoms with Crippen molar-refractivity contribution >= 4 is 22.8 Å². The van der Waals surface area contributed by atoms with Gasteiger partial charge < -0.3 is 15.2 Å². The second-order valence-corrected chi connectivity index (χ2v) is 7.46. The maximum atomic E-state index is 12.5. The van der Waals surface area contributed by atoms with Crippen molar-refractivity contribution in [2.24, 2.45) is 5.92 Å². The highest BCUT2D eigenvalue weighted by molar-refractivity contribution is 7.10. The van der Waals surface area contributed by atoms with Gasteiger partial charge in [-0.25, -0.2) is 0 Å². The smallest absolute Gasteiger partial charge is 0.255 e. The molecule has 2 aromatic rings. The third-order valence-electron chi connectivity index (χ3n) is 4.17. The highest BCUT2D eigenvalue weighted by atomic mass is 32.1. The van der Waals surface area contributed by atoms with Crippen molar-refractivity contribution in [3.63, 3.8) is 0 Å². The number of hydrogen-bond acceptors (Lipinski definition) is 4. The van der Waals surface area contributed by atoms with Gasteiger partial charge in [-0.3, -0.25) is 4.79 Å². The molecule has 0 aliphatic carbocycles. The van der Waals surface area contributed by atoms with E-state index in [2.05, 4.69) is 19.2 Å². The first-order chi connectivity index (χ1) is 12.5. The van der Waals surface area contributed by atoms with Gasteiger partial charge in [0.25, 0.3) is 5.91 Å². The number of ether oxygens (including phenoxy) is 1. The van der Waals surface area contributed by atoms with Crippen LogP contribution in [-0.2, 0) is 4.79 Å². The highest BCUT2D eigenvalue weighted by Gasteiger charge is 2.16. The van der Waals surface area contributed by atoms with Gasteiger partial charge in [0.05, 0.1) is 24.5 Å². The van der Waals surface area contributed by atoms with Crippen LogP contribution in [-0.4, -0.2) is 17.6 Å². The van der Waals surface area contributed by atoms with Crippen LogP contribution >= 0.6 is 11.3 Å².